The Morgan fingerprint density at radius 2 is 2.33 bits per heavy atom. The zero-order valence-corrected chi connectivity index (χ0v) is 9.13. The Labute approximate surface area is 89.9 Å². The van der Waals surface area contributed by atoms with Crippen LogP contribution in [0.3, 0.4) is 0 Å². The Bertz CT molecular complexity index is 387. The van der Waals surface area contributed by atoms with Gasteiger partial charge in [0.15, 0.2) is 0 Å². The largest absolute Gasteiger partial charge is 0.382 e. The number of aryl methyl sites for hydroxylation is 1. The summed E-state index contributed by atoms with van der Waals surface area (Å²) in [6.07, 6.45) is 2.18. The Morgan fingerprint density at radius 3 is 3.07 bits per heavy atom. The molecule has 0 spiro atoms. The highest BCUT2D eigenvalue weighted by Crippen LogP contribution is 2.25. The van der Waals surface area contributed by atoms with Crippen molar-refractivity contribution in [3.63, 3.8) is 0 Å². The summed E-state index contributed by atoms with van der Waals surface area (Å²) < 4.78 is 0. The lowest BCUT2D eigenvalue weighted by Gasteiger charge is -2.24. The van der Waals surface area contributed by atoms with E-state index >= 15 is 0 Å². The predicted octanol–water partition coefficient (Wildman–Crippen LogP) is 1.79. The van der Waals surface area contributed by atoms with Crippen molar-refractivity contribution in [1.82, 2.24) is 5.32 Å². The zero-order valence-electron chi connectivity index (χ0n) is 9.13. The summed E-state index contributed by atoms with van der Waals surface area (Å²) in [4.78, 5) is 11.4. The van der Waals surface area contributed by atoms with Crippen LogP contribution in [0.2, 0.25) is 0 Å². The van der Waals surface area contributed by atoms with Gasteiger partial charge in [0.2, 0.25) is 0 Å². The van der Waals surface area contributed by atoms with Gasteiger partial charge in [-0.1, -0.05) is 0 Å². The van der Waals surface area contributed by atoms with Gasteiger partial charge in [0, 0.05) is 24.3 Å². The summed E-state index contributed by atoms with van der Waals surface area (Å²) >= 11 is 0. The maximum absolute atomic E-state index is 11.4. The molecule has 1 aromatic carbocycles. The van der Waals surface area contributed by atoms with E-state index in [1.54, 1.807) is 7.05 Å². The van der Waals surface area contributed by atoms with Crippen molar-refractivity contribution in [3.8, 4) is 0 Å². The minimum Gasteiger partial charge on any atom is -0.382 e. The molecule has 2 N–H and O–H groups in total. The molecule has 3 nitrogen and oxygen atoms in total. The summed E-state index contributed by atoms with van der Waals surface area (Å²) in [6, 6.07) is 6.37. The molecule has 2 rings (SSSR count). The lowest BCUT2D eigenvalue weighted by molar-refractivity contribution is 0.0963. The summed E-state index contributed by atoms with van der Waals surface area (Å²) in [7, 11) is 1.65. The van der Waals surface area contributed by atoms with Crippen LogP contribution in [0.1, 0.15) is 29.3 Å². The molecule has 1 aliphatic rings. The fourth-order valence-electron chi connectivity index (χ4n) is 1.94. The zero-order chi connectivity index (χ0) is 10.8. The number of carbonyl (C=O) groups excluding carboxylic acids is 1. The molecule has 0 saturated heterocycles. The normalized spacial score (nSPS) is 18.9. The number of carbonyl (C=O) groups is 1. The molecule has 0 fully saturated rings. The van der Waals surface area contributed by atoms with Gasteiger partial charge in [-0.25, -0.2) is 0 Å². The van der Waals surface area contributed by atoms with Crippen molar-refractivity contribution in [1.29, 1.82) is 0 Å². The van der Waals surface area contributed by atoms with Crippen LogP contribution >= 0.6 is 0 Å². The third kappa shape index (κ3) is 1.96. The van der Waals surface area contributed by atoms with E-state index in [2.05, 4.69) is 17.6 Å². The van der Waals surface area contributed by atoms with Crippen LogP contribution in [-0.2, 0) is 6.42 Å². The van der Waals surface area contributed by atoms with E-state index in [1.165, 1.54) is 11.3 Å². The molecule has 15 heavy (non-hydrogen) atoms. The molecule has 0 aliphatic carbocycles. The first-order valence-electron chi connectivity index (χ1n) is 5.32. The molecular weight excluding hydrogens is 188 g/mol. The van der Waals surface area contributed by atoms with Gasteiger partial charge in [0.05, 0.1) is 0 Å². The number of nitrogens with one attached hydrogen (secondary N) is 2. The Balaban J connectivity index is 2.30. The average molecular weight is 204 g/mol. The highest BCUT2D eigenvalue weighted by atomic mass is 16.1. The maximum Gasteiger partial charge on any atom is 0.251 e. The number of anilines is 1. The second-order valence-corrected chi connectivity index (χ2v) is 4.04. The minimum atomic E-state index is -0.0172. The molecule has 1 heterocycles. The van der Waals surface area contributed by atoms with Gasteiger partial charge >= 0.3 is 0 Å². The lowest BCUT2D eigenvalue weighted by atomic mass is 9.97. The van der Waals surface area contributed by atoms with Crippen molar-refractivity contribution < 1.29 is 4.79 Å². The summed E-state index contributed by atoms with van der Waals surface area (Å²) in [6.45, 7) is 2.18. The Morgan fingerprint density at radius 1 is 1.53 bits per heavy atom. The van der Waals surface area contributed by atoms with Crippen LogP contribution in [0.4, 0.5) is 5.69 Å². The van der Waals surface area contributed by atoms with E-state index in [-0.39, 0.29) is 5.91 Å². The standard InChI is InChI=1S/C12H16N2O/c1-8-3-4-9-7-10(12(15)13-2)5-6-11(9)14-8/h5-8,14H,3-4H2,1-2H3,(H,13,15). The molecule has 1 aliphatic heterocycles. The van der Waals surface area contributed by atoms with E-state index in [0.717, 1.165) is 18.4 Å². The number of hydrogen-bond donors (Lipinski definition) is 2. The van der Waals surface area contributed by atoms with Gasteiger partial charge in [0.25, 0.3) is 5.91 Å². The van der Waals surface area contributed by atoms with Crippen molar-refractivity contribution >= 4 is 11.6 Å². The first-order valence-corrected chi connectivity index (χ1v) is 5.32. The first-order chi connectivity index (χ1) is 7.20. The average Bonchev–Trinajstić information content (AvgIpc) is 2.27. The summed E-state index contributed by atoms with van der Waals surface area (Å²) in [5.74, 6) is -0.0172. The molecule has 0 saturated carbocycles. The highest BCUT2D eigenvalue weighted by Gasteiger charge is 2.15. The third-order valence-electron chi connectivity index (χ3n) is 2.84. The Kier molecular flexibility index (Phi) is 2.62. The molecule has 1 aromatic rings. The van der Waals surface area contributed by atoms with Crippen molar-refractivity contribution in [2.75, 3.05) is 12.4 Å². The molecular formula is C12H16N2O. The number of rotatable bonds is 1. The van der Waals surface area contributed by atoms with Gasteiger partial charge < -0.3 is 10.6 Å². The number of amides is 1. The monoisotopic (exact) mass is 204 g/mol. The van der Waals surface area contributed by atoms with Crippen LogP contribution < -0.4 is 10.6 Å². The topological polar surface area (TPSA) is 41.1 Å². The lowest BCUT2D eigenvalue weighted by Crippen LogP contribution is -2.23. The van der Waals surface area contributed by atoms with Crippen LogP contribution in [-0.4, -0.2) is 19.0 Å². The van der Waals surface area contributed by atoms with E-state index < -0.39 is 0 Å². The molecule has 0 aromatic heterocycles. The van der Waals surface area contributed by atoms with Crippen LogP contribution in [0.25, 0.3) is 0 Å². The van der Waals surface area contributed by atoms with Crippen LogP contribution in [0.5, 0.6) is 0 Å². The quantitative estimate of drug-likeness (QED) is 0.732. The van der Waals surface area contributed by atoms with Gasteiger partial charge in [-0.15, -0.1) is 0 Å². The van der Waals surface area contributed by atoms with Crippen molar-refractivity contribution in [3.05, 3.63) is 29.3 Å². The van der Waals surface area contributed by atoms with E-state index in [4.69, 9.17) is 0 Å². The second kappa shape index (κ2) is 3.93. The van der Waals surface area contributed by atoms with Crippen LogP contribution in [0, 0.1) is 0 Å². The molecule has 3 heteroatoms. The van der Waals surface area contributed by atoms with Crippen LogP contribution in [0.15, 0.2) is 18.2 Å². The highest BCUT2D eigenvalue weighted by molar-refractivity contribution is 5.94. The van der Waals surface area contributed by atoms with Gasteiger partial charge in [-0.3, -0.25) is 4.79 Å². The first kappa shape index (κ1) is 10.0. The third-order valence-corrected chi connectivity index (χ3v) is 2.84. The van der Waals surface area contributed by atoms with Crippen molar-refractivity contribution in [2.24, 2.45) is 0 Å². The minimum absolute atomic E-state index is 0.0172. The van der Waals surface area contributed by atoms with E-state index in [9.17, 15) is 4.79 Å². The van der Waals surface area contributed by atoms with E-state index in [0.29, 0.717) is 6.04 Å². The van der Waals surface area contributed by atoms with Gasteiger partial charge in [0.1, 0.15) is 0 Å². The molecule has 1 unspecified atom stereocenters. The fraction of sp³-hybridized carbons (Fsp3) is 0.417. The van der Waals surface area contributed by atoms with Gasteiger partial charge in [-0.05, 0) is 43.5 Å². The molecule has 80 valence electrons. The molecule has 0 bridgehead atoms. The fourth-order valence-corrected chi connectivity index (χ4v) is 1.94. The molecule has 1 amide bonds. The molecule has 0 radical (unpaired) electrons. The smallest absolute Gasteiger partial charge is 0.251 e. The summed E-state index contributed by atoms with van der Waals surface area (Å²) in [5, 5.41) is 6.05. The number of benzene rings is 1. The Hall–Kier alpha value is -1.51. The van der Waals surface area contributed by atoms with Crippen molar-refractivity contribution in [2.45, 2.75) is 25.8 Å². The van der Waals surface area contributed by atoms with E-state index in [1.807, 2.05) is 18.2 Å². The maximum atomic E-state index is 11.4. The molecule has 1 atom stereocenters. The van der Waals surface area contributed by atoms with Gasteiger partial charge in [-0.2, -0.15) is 0 Å². The SMILES string of the molecule is CNC(=O)c1ccc2c(c1)CCC(C)N2. The number of hydrogen-bond acceptors (Lipinski definition) is 2. The second-order valence-electron chi connectivity index (χ2n) is 4.04. The predicted molar refractivity (Wildman–Crippen MR) is 61.2 cm³/mol. The number of fused-ring (bicyclic) bond motifs is 1. The summed E-state index contributed by atoms with van der Waals surface area (Å²) in [5.41, 5.74) is 3.16.